The molecule has 0 unspecified atom stereocenters. The SMILES string of the molecule is C=c1cc2c(cc1CCCC)=C(C)c1cc(CCCC)c(C)c(CCCC)c1C2(C)C. The highest BCUT2D eigenvalue weighted by molar-refractivity contribution is 5.76. The molecule has 0 nitrogen and oxygen atoms in total. The van der Waals surface area contributed by atoms with E-state index in [1.165, 1.54) is 84.1 Å². The van der Waals surface area contributed by atoms with Gasteiger partial charge in [0.25, 0.3) is 0 Å². The third kappa shape index (κ3) is 4.41. The molecule has 0 atom stereocenters. The fourth-order valence-corrected chi connectivity index (χ4v) is 5.60. The van der Waals surface area contributed by atoms with Crippen molar-refractivity contribution in [1.82, 2.24) is 0 Å². The molecule has 31 heavy (non-hydrogen) atoms. The number of unbranched alkanes of at least 4 members (excludes halogenated alkanes) is 3. The van der Waals surface area contributed by atoms with Crippen LogP contribution < -0.4 is 10.4 Å². The molecule has 2 aromatic carbocycles. The molecule has 1 aliphatic carbocycles. The first-order valence-corrected chi connectivity index (χ1v) is 12.8. The van der Waals surface area contributed by atoms with Crippen LogP contribution in [0.3, 0.4) is 0 Å². The van der Waals surface area contributed by atoms with Crippen LogP contribution in [0.5, 0.6) is 0 Å². The largest absolute Gasteiger partial charge is 0.0915 e. The Labute approximate surface area is 191 Å². The van der Waals surface area contributed by atoms with Gasteiger partial charge in [-0.05, 0) is 107 Å². The van der Waals surface area contributed by atoms with Crippen molar-refractivity contribution in [2.45, 2.75) is 112 Å². The molecule has 0 bridgehead atoms. The average Bonchev–Trinajstić information content (AvgIpc) is 2.74. The fraction of sp³-hybridized carbons (Fsp3) is 0.548. The van der Waals surface area contributed by atoms with E-state index in [-0.39, 0.29) is 5.41 Å². The summed E-state index contributed by atoms with van der Waals surface area (Å²) in [6.07, 6.45) is 11.1. The molecular weight excluding hydrogens is 372 g/mol. The lowest BCUT2D eigenvalue weighted by Gasteiger charge is -2.37. The summed E-state index contributed by atoms with van der Waals surface area (Å²) < 4.78 is 0. The first-order valence-electron chi connectivity index (χ1n) is 12.8. The number of benzene rings is 2. The normalized spacial score (nSPS) is 14.5. The van der Waals surface area contributed by atoms with Gasteiger partial charge in [0, 0.05) is 5.41 Å². The number of hydrogen-bond acceptors (Lipinski definition) is 0. The minimum Gasteiger partial charge on any atom is -0.0915 e. The average molecular weight is 417 g/mol. The van der Waals surface area contributed by atoms with Crippen molar-refractivity contribution >= 4 is 12.2 Å². The Hall–Kier alpha value is -1.82. The monoisotopic (exact) mass is 416 g/mol. The minimum atomic E-state index is 0.0109. The number of fused-ring (bicyclic) bond motifs is 2. The highest BCUT2D eigenvalue weighted by Gasteiger charge is 2.35. The van der Waals surface area contributed by atoms with Crippen molar-refractivity contribution in [2.75, 3.05) is 0 Å². The summed E-state index contributed by atoms with van der Waals surface area (Å²) in [6, 6.07) is 7.45. The molecule has 0 heterocycles. The Balaban J connectivity index is 2.34. The lowest BCUT2D eigenvalue weighted by atomic mass is 9.66. The first kappa shape index (κ1) is 23.8. The van der Waals surface area contributed by atoms with Gasteiger partial charge in [-0.2, -0.15) is 0 Å². The highest BCUT2D eigenvalue weighted by atomic mass is 14.4. The quantitative estimate of drug-likeness (QED) is 0.402. The number of aryl methyl sites for hydroxylation is 2. The maximum absolute atomic E-state index is 4.46. The second kappa shape index (κ2) is 9.76. The molecule has 2 aromatic rings. The van der Waals surface area contributed by atoms with E-state index in [4.69, 9.17) is 0 Å². The standard InChI is InChI=1S/C31H44/c1-9-12-15-24-19-27-23(6)28-20-25(16-13-10-2)22(5)26(17-14-11-3)30(28)31(7,8)29(27)18-21(24)4/h18-20H,4,9-17H2,1-3,5-8H3. The molecule has 168 valence electrons. The summed E-state index contributed by atoms with van der Waals surface area (Å²) in [5.41, 5.74) is 12.2. The summed E-state index contributed by atoms with van der Waals surface area (Å²) in [4.78, 5) is 0. The fourth-order valence-electron chi connectivity index (χ4n) is 5.60. The minimum absolute atomic E-state index is 0.0109. The lowest BCUT2D eigenvalue weighted by molar-refractivity contribution is 0.610. The molecule has 3 rings (SSSR count). The Morgan fingerprint density at radius 3 is 1.97 bits per heavy atom. The predicted molar refractivity (Wildman–Crippen MR) is 139 cm³/mol. The van der Waals surface area contributed by atoms with Crippen LogP contribution in [0.15, 0.2) is 18.2 Å². The summed E-state index contributed by atoms with van der Waals surface area (Å²) >= 11 is 0. The van der Waals surface area contributed by atoms with Crippen LogP contribution in [0, 0.1) is 6.92 Å². The van der Waals surface area contributed by atoms with Crippen LogP contribution in [0.2, 0.25) is 0 Å². The van der Waals surface area contributed by atoms with Gasteiger partial charge < -0.3 is 0 Å². The van der Waals surface area contributed by atoms with Crippen molar-refractivity contribution in [3.63, 3.8) is 0 Å². The van der Waals surface area contributed by atoms with Crippen molar-refractivity contribution < 1.29 is 0 Å². The van der Waals surface area contributed by atoms with Crippen molar-refractivity contribution in [2.24, 2.45) is 0 Å². The van der Waals surface area contributed by atoms with E-state index in [1.54, 1.807) is 22.3 Å². The van der Waals surface area contributed by atoms with E-state index < -0.39 is 0 Å². The molecule has 0 aromatic heterocycles. The maximum Gasteiger partial charge on any atom is 0.0161 e. The predicted octanol–water partition coefficient (Wildman–Crippen LogP) is 7.29. The molecule has 0 saturated heterocycles. The van der Waals surface area contributed by atoms with Crippen LogP contribution in [0.25, 0.3) is 12.2 Å². The third-order valence-electron chi connectivity index (χ3n) is 7.65. The second-order valence-corrected chi connectivity index (χ2v) is 10.3. The molecule has 0 heteroatoms. The zero-order chi connectivity index (χ0) is 22.8. The Bertz CT molecular complexity index is 1050. The van der Waals surface area contributed by atoms with E-state index >= 15 is 0 Å². The second-order valence-electron chi connectivity index (χ2n) is 10.3. The Morgan fingerprint density at radius 1 is 0.774 bits per heavy atom. The smallest absolute Gasteiger partial charge is 0.0161 e. The van der Waals surface area contributed by atoms with Gasteiger partial charge in [0.05, 0.1) is 0 Å². The molecule has 0 amide bonds. The summed E-state index contributed by atoms with van der Waals surface area (Å²) in [5.74, 6) is 0. The van der Waals surface area contributed by atoms with Crippen molar-refractivity contribution in [3.8, 4) is 0 Å². The van der Waals surface area contributed by atoms with Crippen LogP contribution >= 0.6 is 0 Å². The van der Waals surface area contributed by atoms with Gasteiger partial charge in [-0.15, -0.1) is 0 Å². The summed E-state index contributed by atoms with van der Waals surface area (Å²) in [5, 5.41) is 2.69. The van der Waals surface area contributed by atoms with Crippen LogP contribution in [0.4, 0.5) is 0 Å². The molecule has 0 spiro atoms. The van der Waals surface area contributed by atoms with Crippen LogP contribution in [0.1, 0.15) is 119 Å². The van der Waals surface area contributed by atoms with Gasteiger partial charge in [-0.1, -0.05) is 78.7 Å². The Kier molecular flexibility index (Phi) is 7.51. The van der Waals surface area contributed by atoms with Crippen LogP contribution in [-0.4, -0.2) is 0 Å². The maximum atomic E-state index is 4.46. The van der Waals surface area contributed by atoms with E-state index in [0.29, 0.717) is 0 Å². The zero-order valence-electron chi connectivity index (χ0n) is 21.3. The van der Waals surface area contributed by atoms with Crippen molar-refractivity contribution in [1.29, 1.82) is 0 Å². The number of hydrogen-bond donors (Lipinski definition) is 0. The van der Waals surface area contributed by atoms with Gasteiger partial charge in [0.1, 0.15) is 0 Å². The zero-order valence-corrected chi connectivity index (χ0v) is 21.3. The molecule has 0 radical (unpaired) electrons. The Morgan fingerprint density at radius 2 is 1.35 bits per heavy atom. The van der Waals surface area contributed by atoms with Gasteiger partial charge >= 0.3 is 0 Å². The molecule has 0 saturated carbocycles. The highest BCUT2D eigenvalue weighted by Crippen LogP contribution is 2.42. The van der Waals surface area contributed by atoms with Gasteiger partial charge in [-0.25, -0.2) is 0 Å². The molecule has 0 N–H and O–H groups in total. The van der Waals surface area contributed by atoms with E-state index in [1.807, 2.05) is 0 Å². The molecule has 0 fully saturated rings. The third-order valence-corrected chi connectivity index (χ3v) is 7.65. The summed E-state index contributed by atoms with van der Waals surface area (Å²) in [6.45, 7) is 21.0. The van der Waals surface area contributed by atoms with E-state index in [2.05, 4.69) is 73.2 Å². The number of rotatable bonds is 9. The van der Waals surface area contributed by atoms with Gasteiger partial charge in [0.2, 0.25) is 0 Å². The topological polar surface area (TPSA) is 0 Å². The van der Waals surface area contributed by atoms with E-state index in [0.717, 1.165) is 6.42 Å². The van der Waals surface area contributed by atoms with Gasteiger partial charge in [0.15, 0.2) is 0 Å². The summed E-state index contributed by atoms with van der Waals surface area (Å²) in [7, 11) is 0. The van der Waals surface area contributed by atoms with Crippen LogP contribution in [-0.2, 0) is 24.7 Å². The molecular formula is C31H44. The lowest BCUT2D eigenvalue weighted by Crippen LogP contribution is -2.37. The van der Waals surface area contributed by atoms with Gasteiger partial charge in [-0.3, -0.25) is 0 Å². The first-order chi connectivity index (χ1) is 14.8. The molecule has 0 aliphatic heterocycles. The van der Waals surface area contributed by atoms with E-state index in [9.17, 15) is 0 Å². The van der Waals surface area contributed by atoms with Crippen molar-refractivity contribution in [3.05, 3.63) is 67.6 Å². The molecule has 1 aliphatic rings.